The number of alkyl halides is 4. The van der Waals surface area contributed by atoms with Crippen LogP contribution in [0.4, 0.5) is 8.78 Å². The van der Waals surface area contributed by atoms with Crippen molar-refractivity contribution in [1.82, 2.24) is 0 Å². The summed E-state index contributed by atoms with van der Waals surface area (Å²) in [5.74, 6) is -0.676. The number of fused-ring (bicyclic) bond motifs is 2. The second-order valence-corrected chi connectivity index (χ2v) is 12.5. The van der Waals surface area contributed by atoms with Gasteiger partial charge in [-0.25, -0.2) is 8.78 Å². The van der Waals surface area contributed by atoms with E-state index in [1.165, 1.54) is 12.1 Å². The van der Waals surface area contributed by atoms with Crippen LogP contribution in [0.5, 0.6) is 0 Å². The van der Waals surface area contributed by atoms with Crippen LogP contribution in [-0.4, -0.2) is 0 Å². The van der Waals surface area contributed by atoms with Crippen molar-refractivity contribution in [2.75, 3.05) is 0 Å². The van der Waals surface area contributed by atoms with Crippen LogP contribution in [0.25, 0.3) is 32.7 Å². The summed E-state index contributed by atoms with van der Waals surface area (Å²) >= 11 is 14.2. The fourth-order valence-electron chi connectivity index (χ4n) is 3.60. The molecule has 0 atom stereocenters. The summed E-state index contributed by atoms with van der Waals surface area (Å²) in [5, 5.41) is 2.47. The first-order valence-corrected chi connectivity index (χ1v) is 12.1. The zero-order chi connectivity index (χ0) is 20.0. The van der Waals surface area contributed by atoms with E-state index in [4.69, 9.17) is 0 Å². The summed E-state index contributed by atoms with van der Waals surface area (Å²) in [6.07, 6.45) is 0. The zero-order valence-electron chi connectivity index (χ0n) is 14.2. The van der Waals surface area contributed by atoms with E-state index in [2.05, 4.69) is 63.7 Å². The Hall–Kier alpha value is -0.820. The van der Waals surface area contributed by atoms with Crippen molar-refractivity contribution in [2.45, 2.75) is 7.47 Å². The predicted molar refractivity (Wildman–Crippen MR) is 128 cm³/mol. The van der Waals surface area contributed by atoms with Crippen LogP contribution in [0.2, 0.25) is 0 Å². The first-order chi connectivity index (χ1) is 13.4. The van der Waals surface area contributed by atoms with Crippen molar-refractivity contribution in [1.29, 1.82) is 0 Å². The fraction of sp³-hybridized carbons (Fsp3) is 0.0909. The smallest absolute Gasteiger partial charge is 0.131 e. The second-order valence-electron chi connectivity index (χ2n) is 6.34. The lowest BCUT2D eigenvalue weighted by atomic mass is 9.87. The number of halogens is 6. The van der Waals surface area contributed by atoms with Gasteiger partial charge in [-0.05, 0) is 45.2 Å². The molecule has 0 nitrogen and oxygen atoms in total. The molecular weight excluding hydrogens is 622 g/mol. The fourth-order valence-corrected chi connectivity index (χ4v) is 5.13. The van der Waals surface area contributed by atoms with Gasteiger partial charge in [-0.2, -0.15) is 0 Å². The highest BCUT2D eigenvalue weighted by Gasteiger charge is 2.24. The van der Waals surface area contributed by atoms with E-state index in [0.717, 1.165) is 21.9 Å². The van der Waals surface area contributed by atoms with Gasteiger partial charge >= 0.3 is 0 Å². The zero-order valence-corrected chi connectivity index (χ0v) is 20.5. The van der Waals surface area contributed by atoms with Crippen LogP contribution in [0, 0.1) is 11.6 Å². The third kappa shape index (κ3) is 3.47. The molecule has 0 N–H and O–H groups in total. The van der Waals surface area contributed by atoms with Crippen LogP contribution in [-0.2, 0) is 0 Å². The van der Waals surface area contributed by atoms with E-state index in [1.54, 1.807) is 12.1 Å². The Morgan fingerprint density at radius 3 is 1.29 bits per heavy atom. The molecule has 0 heterocycles. The van der Waals surface area contributed by atoms with Crippen molar-refractivity contribution >= 4 is 85.3 Å². The monoisotopic (exact) mass is 630 g/mol. The van der Waals surface area contributed by atoms with Crippen LogP contribution < -0.4 is 0 Å². The second kappa shape index (κ2) is 8.13. The maximum absolute atomic E-state index is 15.1. The third-order valence-corrected chi connectivity index (χ3v) is 6.75. The molecule has 0 aromatic heterocycles. The SMILES string of the molecule is Fc1cccc2ccc(C(Br)Br)c(-c3c(C(Br)Br)ccc4cccc(F)c34)c12. The van der Waals surface area contributed by atoms with Crippen molar-refractivity contribution in [3.8, 4) is 11.1 Å². The van der Waals surface area contributed by atoms with E-state index < -0.39 is 0 Å². The highest BCUT2D eigenvalue weighted by molar-refractivity contribution is 9.24. The van der Waals surface area contributed by atoms with Gasteiger partial charge in [0.05, 0.1) is 7.47 Å². The Kier molecular flexibility index (Phi) is 5.94. The lowest BCUT2D eigenvalue weighted by molar-refractivity contribution is 0.638. The molecule has 0 aliphatic heterocycles. The minimum absolute atomic E-state index is 0.224. The third-order valence-electron chi connectivity index (χ3n) is 4.77. The Balaban J connectivity index is 2.30. The Labute approximate surface area is 194 Å². The Morgan fingerprint density at radius 2 is 0.929 bits per heavy atom. The summed E-state index contributed by atoms with van der Waals surface area (Å²) in [7, 11) is 0. The number of hydrogen-bond donors (Lipinski definition) is 0. The normalized spacial score (nSPS) is 11.9. The van der Waals surface area contributed by atoms with Crippen LogP contribution in [0.15, 0.2) is 60.7 Å². The van der Waals surface area contributed by atoms with Gasteiger partial charge in [-0.3, -0.25) is 0 Å². The van der Waals surface area contributed by atoms with Crippen molar-refractivity contribution < 1.29 is 8.78 Å². The van der Waals surface area contributed by atoms with Gasteiger partial charge in [0, 0.05) is 10.8 Å². The summed E-state index contributed by atoms with van der Waals surface area (Å²) < 4.78 is 29.7. The van der Waals surface area contributed by atoms with Gasteiger partial charge in [0.1, 0.15) is 11.6 Å². The predicted octanol–water partition coefficient (Wildman–Crippen LogP) is 9.51. The van der Waals surface area contributed by atoms with Gasteiger partial charge in [-0.15, -0.1) is 0 Å². The van der Waals surface area contributed by atoms with Gasteiger partial charge in [0.25, 0.3) is 0 Å². The van der Waals surface area contributed by atoms with E-state index in [-0.39, 0.29) is 19.1 Å². The summed E-state index contributed by atoms with van der Waals surface area (Å²) in [4.78, 5) is 0. The van der Waals surface area contributed by atoms with Crippen molar-refractivity contribution in [3.63, 3.8) is 0 Å². The van der Waals surface area contributed by atoms with Crippen molar-refractivity contribution in [2.24, 2.45) is 0 Å². The van der Waals surface area contributed by atoms with E-state index in [1.807, 2.05) is 36.4 Å². The quantitative estimate of drug-likeness (QED) is 0.197. The summed E-state index contributed by atoms with van der Waals surface area (Å²) in [5.41, 5.74) is 3.00. The van der Waals surface area contributed by atoms with Gasteiger partial charge in [0.15, 0.2) is 0 Å². The lowest BCUT2D eigenvalue weighted by Crippen LogP contribution is -1.99. The first kappa shape index (κ1) is 20.5. The standard InChI is InChI=1S/C22H12Br4F2/c23-21(24)13-9-7-11-3-1-5-15(27)17(11)19(13)20-14(22(25)26)10-8-12-4-2-6-16(28)18(12)20/h1-10,21-22H. The van der Waals surface area contributed by atoms with E-state index >= 15 is 8.78 Å². The minimum Gasteiger partial charge on any atom is -0.206 e. The molecule has 0 aliphatic rings. The van der Waals surface area contributed by atoms with E-state index in [0.29, 0.717) is 21.9 Å². The molecule has 0 unspecified atom stereocenters. The molecule has 0 radical (unpaired) electrons. The molecule has 0 amide bonds. The van der Waals surface area contributed by atoms with E-state index in [9.17, 15) is 0 Å². The lowest BCUT2D eigenvalue weighted by Gasteiger charge is -2.21. The van der Waals surface area contributed by atoms with Gasteiger partial charge in [-0.1, -0.05) is 112 Å². The molecule has 0 saturated heterocycles. The highest BCUT2D eigenvalue weighted by Crippen LogP contribution is 2.48. The van der Waals surface area contributed by atoms with Crippen molar-refractivity contribution in [3.05, 3.63) is 83.4 Å². The molecular formula is C22H12Br4F2. The molecule has 0 fully saturated rings. The maximum atomic E-state index is 15.1. The molecule has 0 aliphatic carbocycles. The molecule has 142 valence electrons. The Bertz CT molecular complexity index is 1110. The molecule has 6 heteroatoms. The molecule has 28 heavy (non-hydrogen) atoms. The molecule has 0 bridgehead atoms. The number of rotatable bonds is 3. The number of hydrogen-bond acceptors (Lipinski definition) is 0. The largest absolute Gasteiger partial charge is 0.206 e. The average Bonchev–Trinajstić information content (AvgIpc) is 2.66. The van der Waals surface area contributed by atoms with Crippen LogP contribution >= 0.6 is 63.7 Å². The van der Waals surface area contributed by atoms with Gasteiger partial charge < -0.3 is 0 Å². The molecule has 4 rings (SSSR count). The molecule has 4 aromatic rings. The van der Waals surface area contributed by atoms with Gasteiger partial charge in [0.2, 0.25) is 0 Å². The first-order valence-electron chi connectivity index (χ1n) is 8.39. The molecule has 4 aromatic carbocycles. The number of benzene rings is 4. The topological polar surface area (TPSA) is 0 Å². The molecule has 0 spiro atoms. The highest BCUT2D eigenvalue weighted by atomic mass is 79.9. The Morgan fingerprint density at radius 1 is 0.536 bits per heavy atom. The maximum Gasteiger partial charge on any atom is 0.131 e. The minimum atomic E-state index is -0.338. The summed E-state index contributed by atoms with van der Waals surface area (Å²) in [6.45, 7) is 0. The average molecular weight is 634 g/mol. The van der Waals surface area contributed by atoms with Crippen LogP contribution in [0.1, 0.15) is 18.6 Å². The molecule has 0 saturated carbocycles. The summed E-state index contributed by atoms with van der Waals surface area (Å²) in [6, 6.07) is 17.6. The van der Waals surface area contributed by atoms with Crippen LogP contribution in [0.3, 0.4) is 0 Å².